The maximum absolute atomic E-state index is 12.9. The zero-order valence-electron chi connectivity index (χ0n) is 15.5. The molecule has 0 radical (unpaired) electrons. The number of nitrogens with zero attached hydrogens (tertiary/aromatic N) is 1. The maximum Gasteiger partial charge on any atom is 0.233 e. The highest BCUT2D eigenvalue weighted by molar-refractivity contribution is 6.08. The Balaban J connectivity index is 1.58. The van der Waals surface area contributed by atoms with Gasteiger partial charge in [0.05, 0.1) is 11.6 Å². The molecule has 1 aliphatic heterocycles. The van der Waals surface area contributed by atoms with Crippen molar-refractivity contribution < 1.29 is 9.59 Å². The molecule has 0 saturated carbocycles. The van der Waals surface area contributed by atoms with Gasteiger partial charge >= 0.3 is 0 Å². The first-order chi connectivity index (χ1) is 13.0. The lowest BCUT2D eigenvalue weighted by atomic mass is 10.0. The van der Waals surface area contributed by atoms with E-state index in [-0.39, 0.29) is 17.6 Å². The largest absolute Gasteiger partial charge is 0.341 e. The normalized spacial score (nSPS) is 15.4. The minimum Gasteiger partial charge on any atom is -0.341 e. The average Bonchev–Trinajstić information content (AvgIpc) is 3.27. The molecule has 2 aromatic carbocycles. The van der Waals surface area contributed by atoms with Gasteiger partial charge in [0.25, 0.3) is 0 Å². The molecule has 1 N–H and O–H groups in total. The number of hydrogen-bond acceptors (Lipinski definition) is 2. The first-order valence-corrected chi connectivity index (χ1v) is 9.22. The van der Waals surface area contributed by atoms with Crippen LogP contribution in [0.25, 0.3) is 0 Å². The molecule has 0 bridgehead atoms. The third kappa shape index (κ3) is 3.19. The van der Waals surface area contributed by atoms with E-state index in [9.17, 15) is 9.59 Å². The molecular formula is C23H22N2O2. The summed E-state index contributed by atoms with van der Waals surface area (Å²) in [6.07, 6.45) is 0.710. The lowest BCUT2D eigenvalue weighted by Crippen LogP contribution is -2.20. The molecule has 4 rings (SSSR count). The molecule has 2 heterocycles. The molecule has 4 nitrogen and oxygen atoms in total. The second kappa shape index (κ2) is 6.88. The molecule has 0 spiro atoms. The molecule has 27 heavy (non-hydrogen) atoms. The van der Waals surface area contributed by atoms with Gasteiger partial charge in [0.15, 0.2) is 0 Å². The van der Waals surface area contributed by atoms with Gasteiger partial charge < -0.3 is 9.88 Å². The average molecular weight is 358 g/mol. The SMILES string of the molecule is Cc1ccc(C)c(NC(=O)[C@H]2CCn3c(C(=O)c4ccccc4)ccc32)c1. The summed E-state index contributed by atoms with van der Waals surface area (Å²) in [6.45, 7) is 4.68. The second-order valence-electron chi connectivity index (χ2n) is 7.14. The predicted molar refractivity (Wildman–Crippen MR) is 106 cm³/mol. The van der Waals surface area contributed by atoms with Crippen molar-refractivity contribution in [3.8, 4) is 0 Å². The molecule has 0 saturated heterocycles. The molecule has 136 valence electrons. The van der Waals surface area contributed by atoms with Crippen LogP contribution in [0.4, 0.5) is 5.69 Å². The summed E-state index contributed by atoms with van der Waals surface area (Å²) < 4.78 is 1.99. The van der Waals surface area contributed by atoms with Crippen LogP contribution >= 0.6 is 0 Å². The lowest BCUT2D eigenvalue weighted by molar-refractivity contribution is -0.117. The topological polar surface area (TPSA) is 51.1 Å². The number of amides is 1. The number of fused-ring (bicyclic) bond motifs is 1. The summed E-state index contributed by atoms with van der Waals surface area (Å²) in [5, 5.41) is 3.07. The van der Waals surface area contributed by atoms with E-state index in [0.29, 0.717) is 24.2 Å². The van der Waals surface area contributed by atoms with Crippen molar-refractivity contribution >= 4 is 17.4 Å². The fourth-order valence-corrected chi connectivity index (χ4v) is 3.73. The van der Waals surface area contributed by atoms with E-state index in [4.69, 9.17) is 0 Å². The number of rotatable bonds is 4. The van der Waals surface area contributed by atoms with Crippen molar-refractivity contribution in [3.05, 3.63) is 88.7 Å². The molecule has 4 heteroatoms. The van der Waals surface area contributed by atoms with Crippen molar-refractivity contribution in [1.29, 1.82) is 0 Å². The van der Waals surface area contributed by atoms with Crippen molar-refractivity contribution in [3.63, 3.8) is 0 Å². The van der Waals surface area contributed by atoms with Gasteiger partial charge in [-0.05, 0) is 49.6 Å². The van der Waals surface area contributed by atoms with E-state index in [2.05, 4.69) is 5.32 Å². The van der Waals surface area contributed by atoms with Gasteiger partial charge in [-0.3, -0.25) is 9.59 Å². The van der Waals surface area contributed by atoms with Crippen molar-refractivity contribution in [2.45, 2.75) is 32.7 Å². The van der Waals surface area contributed by atoms with Crippen LogP contribution < -0.4 is 5.32 Å². The maximum atomic E-state index is 12.9. The number of aryl methyl sites for hydroxylation is 2. The van der Waals surface area contributed by atoms with Crippen LogP contribution in [0.5, 0.6) is 0 Å². The zero-order chi connectivity index (χ0) is 19.0. The van der Waals surface area contributed by atoms with Gasteiger partial charge in [0, 0.05) is 23.5 Å². The summed E-state index contributed by atoms with van der Waals surface area (Å²) in [5.74, 6) is -0.251. The Morgan fingerprint density at radius 1 is 1.00 bits per heavy atom. The van der Waals surface area contributed by atoms with Gasteiger partial charge in [-0.15, -0.1) is 0 Å². The monoisotopic (exact) mass is 358 g/mol. The van der Waals surface area contributed by atoms with Crippen LogP contribution in [0.1, 0.15) is 45.2 Å². The second-order valence-corrected chi connectivity index (χ2v) is 7.14. The van der Waals surface area contributed by atoms with E-state index >= 15 is 0 Å². The smallest absolute Gasteiger partial charge is 0.233 e. The highest BCUT2D eigenvalue weighted by Crippen LogP contribution is 2.32. The number of nitrogens with one attached hydrogen (secondary N) is 1. The quantitative estimate of drug-likeness (QED) is 0.700. The number of anilines is 1. The third-order valence-electron chi connectivity index (χ3n) is 5.25. The van der Waals surface area contributed by atoms with Crippen LogP contribution in [0, 0.1) is 13.8 Å². The van der Waals surface area contributed by atoms with E-state index in [1.807, 2.05) is 79.1 Å². The first-order valence-electron chi connectivity index (χ1n) is 9.22. The Morgan fingerprint density at radius 3 is 2.56 bits per heavy atom. The number of carbonyl (C=O) groups excluding carboxylic acids is 2. The molecule has 0 unspecified atom stereocenters. The summed E-state index contributed by atoms with van der Waals surface area (Å²) in [4.78, 5) is 25.7. The summed E-state index contributed by atoms with van der Waals surface area (Å²) in [6, 6.07) is 19.1. The van der Waals surface area contributed by atoms with Crippen molar-refractivity contribution in [1.82, 2.24) is 4.57 Å². The summed E-state index contributed by atoms with van der Waals surface area (Å²) >= 11 is 0. The number of hydrogen-bond donors (Lipinski definition) is 1. The predicted octanol–water partition coefficient (Wildman–Crippen LogP) is 4.46. The summed E-state index contributed by atoms with van der Waals surface area (Å²) in [5.41, 5.74) is 5.24. The molecule has 3 aromatic rings. The van der Waals surface area contributed by atoms with Crippen LogP contribution in [0.3, 0.4) is 0 Å². The molecule has 0 fully saturated rings. The van der Waals surface area contributed by atoms with Gasteiger partial charge in [0.1, 0.15) is 0 Å². The van der Waals surface area contributed by atoms with E-state index in [1.54, 1.807) is 0 Å². The zero-order valence-corrected chi connectivity index (χ0v) is 15.5. The van der Waals surface area contributed by atoms with Gasteiger partial charge in [-0.25, -0.2) is 0 Å². The highest BCUT2D eigenvalue weighted by Gasteiger charge is 2.32. The Bertz CT molecular complexity index is 1020. The van der Waals surface area contributed by atoms with Crippen molar-refractivity contribution in [2.24, 2.45) is 0 Å². The fraction of sp³-hybridized carbons (Fsp3) is 0.217. The van der Waals surface area contributed by atoms with E-state index in [0.717, 1.165) is 22.5 Å². The minimum absolute atomic E-state index is 0.00237. The molecule has 1 atom stereocenters. The fourth-order valence-electron chi connectivity index (χ4n) is 3.73. The van der Waals surface area contributed by atoms with Crippen LogP contribution in [-0.2, 0) is 11.3 Å². The van der Waals surface area contributed by atoms with E-state index in [1.165, 1.54) is 0 Å². The highest BCUT2D eigenvalue weighted by atomic mass is 16.2. The van der Waals surface area contributed by atoms with Crippen LogP contribution in [-0.4, -0.2) is 16.3 Å². The number of benzene rings is 2. The first kappa shape index (κ1) is 17.3. The number of ketones is 1. The standard InChI is InChI=1S/C23H22N2O2/c1-15-8-9-16(2)19(14-15)24-23(27)18-12-13-25-20(18)10-11-21(25)22(26)17-6-4-3-5-7-17/h3-11,14,18H,12-13H2,1-2H3,(H,24,27)/t18-/m0/s1. The summed E-state index contributed by atoms with van der Waals surface area (Å²) in [7, 11) is 0. The Hall–Kier alpha value is -3.14. The third-order valence-corrected chi connectivity index (χ3v) is 5.25. The van der Waals surface area contributed by atoms with Gasteiger partial charge in [0.2, 0.25) is 11.7 Å². The van der Waals surface area contributed by atoms with Gasteiger partial charge in [-0.2, -0.15) is 0 Å². The lowest BCUT2D eigenvalue weighted by Gasteiger charge is -2.13. The van der Waals surface area contributed by atoms with Gasteiger partial charge in [-0.1, -0.05) is 42.5 Å². The molecular weight excluding hydrogens is 336 g/mol. The van der Waals surface area contributed by atoms with E-state index < -0.39 is 0 Å². The number of aromatic nitrogens is 1. The molecule has 1 aromatic heterocycles. The Morgan fingerprint density at radius 2 is 1.78 bits per heavy atom. The van der Waals surface area contributed by atoms with Crippen LogP contribution in [0.2, 0.25) is 0 Å². The molecule has 1 amide bonds. The van der Waals surface area contributed by atoms with Crippen LogP contribution in [0.15, 0.2) is 60.7 Å². The molecule has 1 aliphatic rings. The Labute approximate surface area is 158 Å². The Kier molecular flexibility index (Phi) is 4.40. The molecule has 0 aliphatic carbocycles. The minimum atomic E-state index is -0.234. The van der Waals surface area contributed by atoms with Crippen molar-refractivity contribution in [2.75, 3.05) is 5.32 Å². The number of carbonyl (C=O) groups is 2.